The smallest absolute Gasteiger partial charge is 0.210 e. The molecule has 0 spiro atoms. The van der Waals surface area contributed by atoms with Crippen molar-refractivity contribution in [1.82, 2.24) is 9.38 Å². The summed E-state index contributed by atoms with van der Waals surface area (Å²) < 4.78 is 33.1. The van der Waals surface area contributed by atoms with Gasteiger partial charge >= 0.3 is 0 Å². The van der Waals surface area contributed by atoms with Crippen molar-refractivity contribution in [2.24, 2.45) is 0 Å². The van der Waals surface area contributed by atoms with E-state index in [1.165, 1.54) is 37.4 Å². The molecule has 0 unspecified atom stereocenters. The van der Waals surface area contributed by atoms with E-state index in [0.717, 1.165) is 11.2 Å². The summed E-state index contributed by atoms with van der Waals surface area (Å²) >= 11 is 0. The molecule has 2 aromatic carbocycles. The fraction of sp³-hybridized carbons (Fsp3) is 0.125. The molecule has 0 saturated heterocycles. The second-order valence-corrected chi connectivity index (χ2v) is 9.08. The van der Waals surface area contributed by atoms with E-state index >= 15 is 0 Å². The highest BCUT2D eigenvalue weighted by molar-refractivity contribution is 7.91. The molecule has 160 valence electrons. The number of pyridine rings is 1. The minimum absolute atomic E-state index is 0.00430. The molecule has 0 saturated carbocycles. The van der Waals surface area contributed by atoms with Crippen LogP contribution in [0.5, 0.6) is 5.75 Å². The Balaban J connectivity index is 1.50. The lowest BCUT2D eigenvalue weighted by Crippen LogP contribution is -2.06. The van der Waals surface area contributed by atoms with E-state index in [4.69, 9.17) is 10.00 Å². The SMILES string of the molecule is COc1ccc(C#N)cc1S(=O)(=O)c1ccc(CCC(=O)c2ccc3nccn3c2)cc1. The molecule has 0 aliphatic rings. The Labute approximate surface area is 185 Å². The van der Waals surface area contributed by atoms with Gasteiger partial charge in [-0.05, 0) is 54.4 Å². The highest BCUT2D eigenvalue weighted by Gasteiger charge is 2.23. The van der Waals surface area contributed by atoms with Gasteiger partial charge in [0.15, 0.2) is 5.78 Å². The number of aryl methyl sites for hydroxylation is 1. The predicted octanol–water partition coefficient (Wildman–Crippen LogP) is 3.86. The molecule has 0 atom stereocenters. The number of carbonyl (C=O) groups is 1. The maximum Gasteiger partial charge on any atom is 0.210 e. The summed E-state index contributed by atoms with van der Waals surface area (Å²) in [5.74, 6) is 0.170. The molecule has 0 radical (unpaired) electrons. The van der Waals surface area contributed by atoms with Crippen LogP contribution in [-0.2, 0) is 16.3 Å². The minimum Gasteiger partial charge on any atom is -0.495 e. The van der Waals surface area contributed by atoms with Gasteiger partial charge < -0.3 is 9.14 Å². The molecular formula is C24H19N3O4S. The van der Waals surface area contributed by atoms with Crippen LogP contribution in [0.25, 0.3) is 5.65 Å². The molecule has 2 heterocycles. The van der Waals surface area contributed by atoms with Crippen molar-refractivity contribution >= 4 is 21.3 Å². The summed E-state index contributed by atoms with van der Waals surface area (Å²) in [5, 5.41) is 9.11. The number of hydrogen-bond acceptors (Lipinski definition) is 6. The third-order valence-electron chi connectivity index (χ3n) is 5.17. The van der Waals surface area contributed by atoms with Gasteiger partial charge in [0.2, 0.25) is 9.84 Å². The van der Waals surface area contributed by atoms with Crippen molar-refractivity contribution in [2.45, 2.75) is 22.6 Å². The van der Waals surface area contributed by atoms with E-state index in [0.29, 0.717) is 18.4 Å². The number of fused-ring (bicyclic) bond motifs is 1. The Morgan fingerprint density at radius 1 is 1.12 bits per heavy atom. The summed E-state index contributed by atoms with van der Waals surface area (Å²) in [7, 11) is -2.49. The van der Waals surface area contributed by atoms with Crippen molar-refractivity contribution in [1.29, 1.82) is 5.26 Å². The first-order valence-electron chi connectivity index (χ1n) is 9.80. The van der Waals surface area contributed by atoms with E-state index in [1.54, 1.807) is 47.3 Å². The predicted molar refractivity (Wildman–Crippen MR) is 117 cm³/mol. The van der Waals surface area contributed by atoms with E-state index < -0.39 is 9.84 Å². The Hall–Kier alpha value is -3.96. The first kappa shape index (κ1) is 21.3. The first-order chi connectivity index (χ1) is 15.4. The molecule has 7 nitrogen and oxygen atoms in total. The van der Waals surface area contributed by atoms with Crippen molar-refractivity contribution in [2.75, 3.05) is 7.11 Å². The van der Waals surface area contributed by atoms with Crippen LogP contribution < -0.4 is 4.74 Å². The number of Topliss-reactive ketones (excluding diaryl/α,β-unsaturated/α-hetero) is 1. The number of hydrogen-bond donors (Lipinski definition) is 0. The number of imidazole rings is 1. The van der Waals surface area contributed by atoms with Gasteiger partial charge in [-0.25, -0.2) is 13.4 Å². The van der Waals surface area contributed by atoms with Crippen LogP contribution in [0.15, 0.2) is 83.0 Å². The van der Waals surface area contributed by atoms with Gasteiger partial charge in [-0.2, -0.15) is 5.26 Å². The highest BCUT2D eigenvalue weighted by atomic mass is 32.2. The normalized spacial score (nSPS) is 11.2. The lowest BCUT2D eigenvalue weighted by Gasteiger charge is -2.10. The second-order valence-electron chi connectivity index (χ2n) is 7.16. The van der Waals surface area contributed by atoms with Crippen molar-refractivity contribution in [3.05, 3.63) is 89.9 Å². The number of methoxy groups -OCH3 is 1. The molecule has 4 rings (SSSR count). The average molecular weight is 446 g/mol. The lowest BCUT2D eigenvalue weighted by atomic mass is 10.0. The van der Waals surface area contributed by atoms with Crippen LogP contribution in [0.2, 0.25) is 0 Å². The Bertz CT molecular complexity index is 1450. The molecule has 2 aromatic heterocycles. The zero-order valence-corrected chi connectivity index (χ0v) is 18.0. The minimum atomic E-state index is -3.87. The van der Waals surface area contributed by atoms with E-state index in [2.05, 4.69) is 4.98 Å². The standard InChI is InChI=1S/C24H19N3O4S/c1-31-22-10-5-18(15-25)14-23(22)32(29,30)20-7-2-17(3-8-20)4-9-21(28)19-6-11-24-26-12-13-27(24)16-19/h2-3,5-8,10-14,16H,4,9H2,1H3. The number of nitriles is 1. The number of sulfone groups is 1. The molecule has 4 aromatic rings. The van der Waals surface area contributed by atoms with Crippen molar-refractivity contribution in [3.8, 4) is 11.8 Å². The third kappa shape index (κ3) is 4.11. The zero-order valence-electron chi connectivity index (χ0n) is 17.2. The van der Waals surface area contributed by atoms with Crippen LogP contribution >= 0.6 is 0 Å². The van der Waals surface area contributed by atoms with E-state index in [9.17, 15) is 13.2 Å². The van der Waals surface area contributed by atoms with Gasteiger partial charge in [0.25, 0.3) is 0 Å². The van der Waals surface area contributed by atoms with E-state index in [-0.39, 0.29) is 26.9 Å². The van der Waals surface area contributed by atoms with Gasteiger partial charge in [-0.3, -0.25) is 4.79 Å². The van der Waals surface area contributed by atoms with Crippen LogP contribution in [0.3, 0.4) is 0 Å². The van der Waals surface area contributed by atoms with Gasteiger partial charge in [0, 0.05) is 30.6 Å². The molecule has 0 bridgehead atoms. The maximum atomic E-state index is 13.1. The number of carbonyl (C=O) groups excluding carboxylic acids is 1. The Morgan fingerprint density at radius 3 is 2.62 bits per heavy atom. The van der Waals surface area contributed by atoms with Gasteiger partial charge in [0.05, 0.1) is 23.6 Å². The number of rotatable bonds is 7. The quantitative estimate of drug-likeness (QED) is 0.400. The second kappa shape index (κ2) is 8.65. The maximum absolute atomic E-state index is 13.1. The number of ether oxygens (including phenoxy) is 1. The van der Waals surface area contributed by atoms with Crippen molar-refractivity contribution in [3.63, 3.8) is 0 Å². The van der Waals surface area contributed by atoms with Crippen molar-refractivity contribution < 1.29 is 17.9 Å². The van der Waals surface area contributed by atoms with Crippen LogP contribution in [0.4, 0.5) is 0 Å². The van der Waals surface area contributed by atoms with Crippen LogP contribution in [-0.4, -0.2) is 30.7 Å². The summed E-state index contributed by atoms with van der Waals surface area (Å²) in [6, 6.07) is 16.2. The fourth-order valence-corrected chi connectivity index (χ4v) is 4.85. The molecule has 0 aliphatic heterocycles. The summed E-state index contributed by atoms with van der Waals surface area (Å²) in [5.41, 5.74) is 2.45. The van der Waals surface area contributed by atoms with Gasteiger partial charge in [-0.15, -0.1) is 0 Å². The van der Waals surface area contributed by atoms with Crippen LogP contribution in [0, 0.1) is 11.3 Å². The highest BCUT2D eigenvalue weighted by Crippen LogP contribution is 2.30. The Kier molecular flexibility index (Phi) is 5.75. The first-order valence-corrected chi connectivity index (χ1v) is 11.3. The molecule has 0 N–H and O–H groups in total. The van der Waals surface area contributed by atoms with Gasteiger partial charge in [0.1, 0.15) is 16.3 Å². The molecule has 8 heteroatoms. The topological polar surface area (TPSA) is 102 Å². The lowest BCUT2D eigenvalue weighted by molar-refractivity contribution is 0.0982. The van der Waals surface area contributed by atoms with Gasteiger partial charge in [-0.1, -0.05) is 12.1 Å². The largest absolute Gasteiger partial charge is 0.495 e. The van der Waals surface area contributed by atoms with E-state index in [1.807, 2.05) is 6.07 Å². The third-order valence-corrected chi connectivity index (χ3v) is 6.96. The molecule has 32 heavy (non-hydrogen) atoms. The summed E-state index contributed by atoms with van der Waals surface area (Å²) in [6.45, 7) is 0. The fourth-order valence-electron chi connectivity index (χ4n) is 3.41. The zero-order chi connectivity index (χ0) is 22.7. The number of aromatic nitrogens is 2. The molecule has 0 fully saturated rings. The molecular weight excluding hydrogens is 426 g/mol. The molecule has 0 amide bonds. The number of ketones is 1. The molecule has 0 aliphatic carbocycles. The Morgan fingerprint density at radius 2 is 1.91 bits per heavy atom. The monoisotopic (exact) mass is 445 g/mol. The number of benzene rings is 2. The summed E-state index contributed by atoms with van der Waals surface area (Å²) in [4.78, 5) is 16.7. The average Bonchev–Trinajstić information content (AvgIpc) is 3.30. The number of nitrogens with zero attached hydrogens (tertiary/aromatic N) is 3. The van der Waals surface area contributed by atoms with Crippen LogP contribution in [0.1, 0.15) is 27.9 Å². The summed E-state index contributed by atoms with van der Waals surface area (Å²) in [6.07, 6.45) is 5.99.